The van der Waals surface area contributed by atoms with Gasteiger partial charge in [0.05, 0.1) is 6.61 Å². The molecule has 1 aromatic heterocycles. The lowest BCUT2D eigenvalue weighted by molar-refractivity contribution is -0.116. The summed E-state index contributed by atoms with van der Waals surface area (Å²) in [7, 11) is 0. The number of phenols is 1. The van der Waals surface area contributed by atoms with Gasteiger partial charge in [-0.05, 0) is 61.7 Å². The Kier molecular flexibility index (Phi) is 4.50. The number of benzene rings is 2. The van der Waals surface area contributed by atoms with Gasteiger partial charge in [-0.3, -0.25) is 4.79 Å². The van der Waals surface area contributed by atoms with Crippen LogP contribution in [0.1, 0.15) is 37.8 Å². The number of ketones is 1. The maximum absolute atomic E-state index is 12.8. The SMILES string of the molecule is CCOc1ccc(-c2nc3n(n2)C(c2cccc(O)c2)C2=C(CCCC2=O)N3)cc1. The highest BCUT2D eigenvalue weighted by Gasteiger charge is 2.37. The second kappa shape index (κ2) is 7.33. The number of aromatic hydroxyl groups is 1. The first-order valence-corrected chi connectivity index (χ1v) is 10.2. The monoisotopic (exact) mass is 402 g/mol. The van der Waals surface area contributed by atoms with Gasteiger partial charge in [0.15, 0.2) is 11.6 Å². The largest absolute Gasteiger partial charge is 0.508 e. The first-order valence-electron chi connectivity index (χ1n) is 10.2. The molecule has 0 spiro atoms. The van der Waals surface area contributed by atoms with E-state index in [2.05, 4.69) is 5.32 Å². The molecule has 0 bridgehead atoms. The first-order chi connectivity index (χ1) is 14.6. The standard InChI is InChI=1S/C23H22N4O3/c1-2-30-17-11-9-14(10-12-17)22-25-23-24-18-7-4-8-19(29)20(18)21(27(23)26-22)15-5-3-6-16(28)13-15/h3,5-6,9-13,21,28H,2,4,7-8H2,1H3,(H,24,25,26). The fourth-order valence-electron chi connectivity index (χ4n) is 4.15. The third kappa shape index (κ3) is 3.12. The maximum atomic E-state index is 12.8. The van der Waals surface area contributed by atoms with Crippen molar-refractivity contribution in [1.82, 2.24) is 14.8 Å². The van der Waals surface area contributed by atoms with Crippen molar-refractivity contribution < 1.29 is 14.6 Å². The van der Waals surface area contributed by atoms with Crippen LogP contribution < -0.4 is 10.1 Å². The Morgan fingerprint density at radius 2 is 2.03 bits per heavy atom. The molecule has 3 aromatic rings. The van der Waals surface area contributed by atoms with Crippen molar-refractivity contribution in [3.8, 4) is 22.9 Å². The van der Waals surface area contributed by atoms with Gasteiger partial charge in [0.2, 0.25) is 5.95 Å². The number of hydrogen-bond donors (Lipinski definition) is 2. The molecule has 1 aliphatic carbocycles. The number of fused-ring (bicyclic) bond motifs is 1. The van der Waals surface area contributed by atoms with E-state index in [0.717, 1.165) is 35.4 Å². The summed E-state index contributed by atoms with van der Waals surface area (Å²) in [6, 6.07) is 14.2. The van der Waals surface area contributed by atoms with Crippen LogP contribution in [0.25, 0.3) is 11.4 Å². The topological polar surface area (TPSA) is 89.3 Å². The van der Waals surface area contributed by atoms with Crippen LogP contribution in [-0.4, -0.2) is 32.3 Å². The molecule has 7 nitrogen and oxygen atoms in total. The number of phenolic OH excluding ortho intramolecular Hbond substituents is 1. The average molecular weight is 402 g/mol. The van der Waals surface area contributed by atoms with E-state index in [4.69, 9.17) is 14.8 Å². The quantitative estimate of drug-likeness (QED) is 0.684. The van der Waals surface area contributed by atoms with E-state index in [1.165, 1.54) is 0 Å². The lowest BCUT2D eigenvalue weighted by atomic mass is 9.85. The van der Waals surface area contributed by atoms with Crippen LogP contribution in [0.5, 0.6) is 11.5 Å². The summed E-state index contributed by atoms with van der Waals surface area (Å²) >= 11 is 0. The third-order valence-electron chi connectivity index (χ3n) is 5.48. The Morgan fingerprint density at radius 3 is 2.80 bits per heavy atom. The molecule has 0 radical (unpaired) electrons. The molecule has 5 rings (SSSR count). The fraction of sp³-hybridized carbons (Fsp3) is 0.261. The zero-order valence-corrected chi connectivity index (χ0v) is 16.6. The number of rotatable bonds is 4. The molecule has 2 N–H and O–H groups in total. The van der Waals surface area contributed by atoms with E-state index in [9.17, 15) is 9.90 Å². The number of allylic oxidation sites excluding steroid dienone is 2. The smallest absolute Gasteiger partial charge is 0.226 e. The number of nitrogens with zero attached hydrogens (tertiary/aromatic N) is 3. The lowest BCUT2D eigenvalue weighted by Gasteiger charge is -2.32. The van der Waals surface area contributed by atoms with Crippen molar-refractivity contribution in [3.63, 3.8) is 0 Å². The van der Waals surface area contributed by atoms with Crippen LogP contribution in [-0.2, 0) is 4.79 Å². The molecule has 0 amide bonds. The Morgan fingerprint density at radius 1 is 1.20 bits per heavy atom. The molecule has 0 saturated carbocycles. The number of nitrogens with one attached hydrogen (secondary N) is 1. The van der Waals surface area contributed by atoms with Crippen molar-refractivity contribution in [2.24, 2.45) is 0 Å². The normalized spacial score (nSPS) is 17.9. The highest BCUT2D eigenvalue weighted by molar-refractivity contribution is 5.99. The predicted molar refractivity (Wildman–Crippen MR) is 112 cm³/mol. The number of carbonyl (C=O) groups excluding carboxylic acids is 1. The summed E-state index contributed by atoms with van der Waals surface area (Å²) < 4.78 is 7.27. The Bertz CT molecular complexity index is 1150. The molecule has 2 heterocycles. The summed E-state index contributed by atoms with van der Waals surface area (Å²) in [5, 5.41) is 18.1. The van der Waals surface area contributed by atoms with Crippen molar-refractivity contribution >= 4 is 11.7 Å². The van der Waals surface area contributed by atoms with Crippen LogP contribution in [0, 0.1) is 0 Å². The van der Waals surface area contributed by atoms with Crippen LogP contribution in [0.4, 0.5) is 5.95 Å². The molecular formula is C23H22N4O3. The van der Waals surface area contributed by atoms with Crippen molar-refractivity contribution in [3.05, 3.63) is 65.4 Å². The molecule has 152 valence electrons. The summed E-state index contributed by atoms with van der Waals surface area (Å²) in [5.41, 5.74) is 3.28. The number of ether oxygens (including phenoxy) is 1. The van der Waals surface area contributed by atoms with E-state index in [-0.39, 0.29) is 11.5 Å². The van der Waals surface area contributed by atoms with Gasteiger partial charge in [0, 0.05) is 23.3 Å². The Hall–Kier alpha value is -3.61. The Balaban J connectivity index is 1.61. The van der Waals surface area contributed by atoms with E-state index >= 15 is 0 Å². The van der Waals surface area contributed by atoms with Crippen molar-refractivity contribution in [1.29, 1.82) is 0 Å². The minimum Gasteiger partial charge on any atom is -0.508 e. The van der Waals surface area contributed by atoms with Gasteiger partial charge in [-0.1, -0.05) is 12.1 Å². The second-order valence-corrected chi connectivity index (χ2v) is 7.45. The van der Waals surface area contributed by atoms with Gasteiger partial charge >= 0.3 is 0 Å². The van der Waals surface area contributed by atoms with E-state index in [1.807, 2.05) is 37.3 Å². The third-order valence-corrected chi connectivity index (χ3v) is 5.48. The average Bonchev–Trinajstić information content (AvgIpc) is 3.17. The number of Topliss-reactive ketones (excluding diaryl/α,β-unsaturated/α-hetero) is 1. The summed E-state index contributed by atoms with van der Waals surface area (Å²) in [4.78, 5) is 17.5. The second-order valence-electron chi connectivity index (χ2n) is 7.45. The summed E-state index contributed by atoms with van der Waals surface area (Å²) in [6.45, 7) is 2.55. The van der Waals surface area contributed by atoms with Crippen LogP contribution in [0.3, 0.4) is 0 Å². The van der Waals surface area contributed by atoms with Crippen molar-refractivity contribution in [2.45, 2.75) is 32.2 Å². The maximum Gasteiger partial charge on any atom is 0.226 e. The van der Waals surface area contributed by atoms with Crippen LogP contribution in [0.15, 0.2) is 59.8 Å². The van der Waals surface area contributed by atoms with E-state index in [1.54, 1.807) is 22.9 Å². The molecule has 1 atom stereocenters. The molecular weight excluding hydrogens is 380 g/mol. The molecule has 0 fully saturated rings. The minimum atomic E-state index is -0.417. The van der Waals surface area contributed by atoms with E-state index in [0.29, 0.717) is 30.4 Å². The number of aromatic nitrogens is 3. The molecule has 7 heteroatoms. The van der Waals surface area contributed by atoms with Crippen LogP contribution in [0.2, 0.25) is 0 Å². The fourth-order valence-corrected chi connectivity index (χ4v) is 4.15. The number of anilines is 1. The molecule has 0 saturated heterocycles. The molecule has 2 aromatic carbocycles. The predicted octanol–water partition coefficient (Wildman–Crippen LogP) is 4.07. The summed E-state index contributed by atoms with van der Waals surface area (Å²) in [6.07, 6.45) is 2.13. The van der Waals surface area contributed by atoms with Crippen molar-refractivity contribution in [2.75, 3.05) is 11.9 Å². The van der Waals surface area contributed by atoms with Gasteiger partial charge in [-0.15, -0.1) is 5.10 Å². The summed E-state index contributed by atoms with van der Waals surface area (Å²) in [5.74, 6) is 2.23. The molecule has 30 heavy (non-hydrogen) atoms. The molecule has 2 aliphatic rings. The highest BCUT2D eigenvalue weighted by Crippen LogP contribution is 2.41. The van der Waals surface area contributed by atoms with Gasteiger partial charge in [-0.25, -0.2) is 4.68 Å². The zero-order valence-electron chi connectivity index (χ0n) is 16.6. The van der Waals surface area contributed by atoms with Crippen LogP contribution >= 0.6 is 0 Å². The first kappa shape index (κ1) is 18.4. The number of hydrogen-bond acceptors (Lipinski definition) is 6. The molecule has 1 unspecified atom stereocenters. The Labute approximate surface area is 174 Å². The van der Waals surface area contributed by atoms with Gasteiger partial charge in [-0.2, -0.15) is 4.98 Å². The van der Waals surface area contributed by atoms with Gasteiger partial charge in [0.25, 0.3) is 0 Å². The lowest BCUT2D eigenvalue weighted by Crippen LogP contribution is -2.31. The molecule has 1 aliphatic heterocycles. The highest BCUT2D eigenvalue weighted by atomic mass is 16.5. The van der Waals surface area contributed by atoms with E-state index < -0.39 is 6.04 Å². The zero-order chi connectivity index (χ0) is 20.7. The minimum absolute atomic E-state index is 0.112. The number of carbonyl (C=O) groups is 1. The van der Waals surface area contributed by atoms with Gasteiger partial charge < -0.3 is 15.2 Å². The van der Waals surface area contributed by atoms with Gasteiger partial charge in [0.1, 0.15) is 17.5 Å².